The zero-order chi connectivity index (χ0) is 20.3. The molecular formula is C17H23N7O4. The van der Waals surface area contributed by atoms with Gasteiger partial charge in [0.15, 0.2) is 5.72 Å². The monoisotopic (exact) mass is 389 g/mol. The first kappa shape index (κ1) is 19.7. The van der Waals surface area contributed by atoms with E-state index in [0.29, 0.717) is 18.5 Å². The summed E-state index contributed by atoms with van der Waals surface area (Å²) in [4.78, 5) is 28.9. The Hall–Kier alpha value is -3.10. The Bertz CT molecular complexity index is 790. The van der Waals surface area contributed by atoms with Crippen LogP contribution >= 0.6 is 0 Å². The molecule has 3 unspecified atom stereocenters. The van der Waals surface area contributed by atoms with E-state index in [1.807, 2.05) is 29.1 Å². The lowest BCUT2D eigenvalue weighted by Gasteiger charge is -2.53. The number of ether oxygens (including phenoxy) is 1. The predicted octanol–water partition coefficient (Wildman–Crippen LogP) is -0.155. The van der Waals surface area contributed by atoms with Crippen LogP contribution in [0.4, 0.5) is 4.79 Å². The van der Waals surface area contributed by atoms with Gasteiger partial charge in [0.1, 0.15) is 12.2 Å². The minimum absolute atomic E-state index is 0.175. The fourth-order valence-electron chi connectivity index (χ4n) is 3.79. The summed E-state index contributed by atoms with van der Waals surface area (Å²) in [5.41, 5.74) is -0.568. The molecule has 2 amide bonds. The Labute approximate surface area is 162 Å². The molecule has 0 radical (unpaired) electrons. The highest BCUT2D eigenvalue weighted by Gasteiger charge is 2.50. The van der Waals surface area contributed by atoms with Crippen molar-refractivity contribution in [2.24, 2.45) is 0 Å². The number of likely N-dealkylation sites (N-methyl/N-ethyl adjacent to an activating group) is 1. The maximum absolute atomic E-state index is 12.6. The third kappa shape index (κ3) is 3.39. The van der Waals surface area contributed by atoms with Crippen molar-refractivity contribution in [3.63, 3.8) is 0 Å². The van der Waals surface area contributed by atoms with E-state index in [9.17, 15) is 20.0 Å². The van der Waals surface area contributed by atoms with Gasteiger partial charge in [0.05, 0.1) is 17.8 Å². The molecule has 2 aliphatic heterocycles. The molecule has 28 heavy (non-hydrogen) atoms. The Kier molecular flexibility index (Phi) is 5.53. The Balaban J connectivity index is 1.88. The number of hydrogen-bond acceptors (Lipinski definition) is 7. The maximum Gasteiger partial charge on any atom is 0.408 e. The summed E-state index contributed by atoms with van der Waals surface area (Å²) in [7, 11) is 3.37. The molecule has 150 valence electrons. The van der Waals surface area contributed by atoms with E-state index in [0.717, 1.165) is 4.90 Å². The number of methoxy groups -OCH3 is 1. The molecule has 1 aromatic heterocycles. The Morgan fingerprint density at radius 1 is 1.50 bits per heavy atom. The summed E-state index contributed by atoms with van der Waals surface area (Å²) in [6, 6.07) is 1.23. The van der Waals surface area contributed by atoms with Crippen molar-refractivity contribution >= 4 is 12.0 Å². The molecule has 2 aliphatic rings. The molecule has 0 spiro atoms. The zero-order valence-electron chi connectivity index (χ0n) is 15.7. The maximum atomic E-state index is 12.6. The number of H-pyrrole nitrogens is 1. The van der Waals surface area contributed by atoms with Crippen LogP contribution in [0.25, 0.3) is 0 Å². The van der Waals surface area contributed by atoms with E-state index in [-0.39, 0.29) is 19.0 Å². The molecule has 3 rings (SSSR count). The SMILES string of the molecule is COC1(N2CCN(C(=O)O)C(C#N)C2)CC=CN(C)C1NC(=O)c1cn[nH]c1. The summed E-state index contributed by atoms with van der Waals surface area (Å²) >= 11 is 0. The van der Waals surface area contributed by atoms with Crippen molar-refractivity contribution < 1.29 is 19.4 Å². The van der Waals surface area contributed by atoms with Crippen LogP contribution in [-0.2, 0) is 4.74 Å². The fourth-order valence-corrected chi connectivity index (χ4v) is 3.79. The minimum atomic E-state index is -1.12. The van der Waals surface area contributed by atoms with E-state index >= 15 is 0 Å². The van der Waals surface area contributed by atoms with Gasteiger partial charge in [-0.25, -0.2) is 4.79 Å². The summed E-state index contributed by atoms with van der Waals surface area (Å²) in [5, 5.41) is 28.1. The normalized spacial score (nSPS) is 28.0. The highest BCUT2D eigenvalue weighted by Crippen LogP contribution is 2.33. The molecule has 1 fully saturated rings. The number of nitrogens with one attached hydrogen (secondary N) is 2. The average Bonchev–Trinajstić information content (AvgIpc) is 3.24. The van der Waals surface area contributed by atoms with Gasteiger partial charge in [0.25, 0.3) is 5.91 Å². The quantitative estimate of drug-likeness (QED) is 0.646. The van der Waals surface area contributed by atoms with Crippen LogP contribution in [-0.4, -0.2) is 93.7 Å². The number of piperazine rings is 1. The van der Waals surface area contributed by atoms with Crippen LogP contribution in [0.3, 0.4) is 0 Å². The summed E-state index contributed by atoms with van der Waals surface area (Å²) < 4.78 is 5.93. The zero-order valence-corrected chi connectivity index (χ0v) is 15.7. The van der Waals surface area contributed by atoms with E-state index < -0.39 is 24.0 Å². The van der Waals surface area contributed by atoms with Gasteiger partial charge in [-0.05, 0) is 6.20 Å². The van der Waals surface area contributed by atoms with Crippen LogP contribution in [0.15, 0.2) is 24.7 Å². The number of carbonyl (C=O) groups excluding carboxylic acids is 1. The molecule has 0 aromatic carbocycles. The van der Waals surface area contributed by atoms with Crippen molar-refractivity contribution in [2.45, 2.75) is 24.4 Å². The lowest BCUT2D eigenvalue weighted by Crippen LogP contribution is -2.72. The number of rotatable bonds is 4. The second-order valence-corrected chi connectivity index (χ2v) is 6.73. The summed E-state index contributed by atoms with van der Waals surface area (Å²) in [5.74, 6) is -0.316. The molecule has 3 atom stereocenters. The van der Waals surface area contributed by atoms with Crippen LogP contribution in [0.2, 0.25) is 0 Å². The third-order valence-corrected chi connectivity index (χ3v) is 5.28. The van der Waals surface area contributed by atoms with Crippen molar-refractivity contribution in [1.82, 2.24) is 30.2 Å². The van der Waals surface area contributed by atoms with Crippen molar-refractivity contribution in [3.8, 4) is 6.07 Å². The summed E-state index contributed by atoms with van der Waals surface area (Å²) in [6.45, 7) is 0.725. The number of nitrogens with zero attached hydrogens (tertiary/aromatic N) is 5. The van der Waals surface area contributed by atoms with E-state index in [4.69, 9.17) is 4.74 Å². The smallest absolute Gasteiger partial charge is 0.408 e. The van der Waals surface area contributed by atoms with Crippen molar-refractivity contribution in [1.29, 1.82) is 5.26 Å². The van der Waals surface area contributed by atoms with Crippen LogP contribution in [0.1, 0.15) is 16.8 Å². The molecule has 11 nitrogen and oxygen atoms in total. The van der Waals surface area contributed by atoms with Gasteiger partial charge in [0, 0.05) is 46.4 Å². The molecule has 11 heteroatoms. The number of amides is 2. The average molecular weight is 389 g/mol. The van der Waals surface area contributed by atoms with Crippen LogP contribution in [0, 0.1) is 11.3 Å². The standard InChI is InChI=1S/C17H23N7O4/c1-22-5-3-4-17(28-2,15(22)21-14(25)12-9-19-20-10-12)23-6-7-24(16(26)27)13(8-18)11-23/h3,5,9-10,13,15H,4,6-7,11H2,1-2H3,(H,19,20)(H,21,25)(H,26,27). The number of carboxylic acid groups (broad SMARTS) is 1. The molecule has 3 heterocycles. The third-order valence-electron chi connectivity index (χ3n) is 5.28. The van der Waals surface area contributed by atoms with Crippen molar-refractivity contribution in [2.75, 3.05) is 33.8 Å². The highest BCUT2D eigenvalue weighted by atomic mass is 16.5. The number of carbonyl (C=O) groups is 2. The molecule has 3 N–H and O–H groups in total. The molecule has 0 bridgehead atoms. The first-order valence-corrected chi connectivity index (χ1v) is 8.80. The number of hydrogen-bond donors (Lipinski definition) is 3. The number of aromatic amines is 1. The van der Waals surface area contributed by atoms with Gasteiger partial charge < -0.3 is 20.1 Å². The lowest BCUT2D eigenvalue weighted by atomic mass is 9.96. The molecule has 0 aliphatic carbocycles. The van der Waals surface area contributed by atoms with Gasteiger partial charge in [-0.3, -0.25) is 19.7 Å². The van der Waals surface area contributed by atoms with Gasteiger partial charge >= 0.3 is 6.09 Å². The highest BCUT2D eigenvalue weighted by molar-refractivity contribution is 5.93. The molecule has 1 aromatic rings. The largest absolute Gasteiger partial charge is 0.465 e. The van der Waals surface area contributed by atoms with E-state index in [1.54, 1.807) is 7.11 Å². The Morgan fingerprint density at radius 3 is 2.89 bits per heavy atom. The second kappa shape index (κ2) is 7.87. The van der Waals surface area contributed by atoms with Crippen molar-refractivity contribution in [3.05, 3.63) is 30.2 Å². The summed E-state index contributed by atoms with van der Waals surface area (Å²) in [6.07, 6.45) is 5.50. The number of nitriles is 1. The van der Waals surface area contributed by atoms with Gasteiger partial charge in [0.2, 0.25) is 0 Å². The topological polar surface area (TPSA) is 138 Å². The first-order valence-electron chi connectivity index (χ1n) is 8.80. The van der Waals surface area contributed by atoms with Gasteiger partial charge in [-0.2, -0.15) is 10.4 Å². The minimum Gasteiger partial charge on any atom is -0.465 e. The predicted molar refractivity (Wildman–Crippen MR) is 96.8 cm³/mol. The van der Waals surface area contributed by atoms with Gasteiger partial charge in [-0.15, -0.1) is 0 Å². The fraction of sp³-hybridized carbons (Fsp3) is 0.529. The van der Waals surface area contributed by atoms with Gasteiger partial charge in [-0.1, -0.05) is 6.08 Å². The lowest BCUT2D eigenvalue weighted by molar-refractivity contribution is -0.191. The first-order chi connectivity index (χ1) is 13.4. The van der Waals surface area contributed by atoms with E-state index in [2.05, 4.69) is 21.6 Å². The van der Waals surface area contributed by atoms with Crippen LogP contribution < -0.4 is 5.32 Å². The molecule has 0 saturated carbocycles. The van der Waals surface area contributed by atoms with E-state index in [1.165, 1.54) is 12.4 Å². The molecular weight excluding hydrogens is 366 g/mol. The second-order valence-electron chi connectivity index (χ2n) is 6.73. The Morgan fingerprint density at radius 2 is 2.29 bits per heavy atom. The molecule has 1 saturated heterocycles. The number of aromatic nitrogens is 2. The van der Waals surface area contributed by atoms with Crippen LogP contribution in [0.5, 0.6) is 0 Å².